The molecule has 62 valence electrons. The van der Waals surface area contributed by atoms with E-state index in [2.05, 4.69) is 0 Å². The number of aliphatic hydroxyl groups excluding tert-OH is 1. The van der Waals surface area contributed by atoms with Crippen LogP contribution in [0.4, 0.5) is 0 Å². The van der Waals surface area contributed by atoms with Gasteiger partial charge in [-0.3, -0.25) is 0 Å². The van der Waals surface area contributed by atoms with Crippen LogP contribution in [0.2, 0.25) is 0 Å². The average Bonchev–Trinajstić information content (AvgIpc) is 1.59. The minimum Gasteiger partial charge on any atom is -0.368 e. The molecule has 0 heterocycles. The Labute approximate surface area is 61.6 Å². The molecule has 1 unspecified atom stereocenters. The Morgan fingerprint density at radius 2 is 2.00 bits per heavy atom. The maximum Gasteiger partial charge on any atom is 0.162 e. The predicted molar refractivity (Wildman–Crippen MR) is 38.3 cm³/mol. The molecule has 0 radical (unpaired) electrons. The zero-order chi connectivity index (χ0) is 8.20. The molecule has 10 heavy (non-hydrogen) atoms. The van der Waals surface area contributed by atoms with E-state index >= 15 is 0 Å². The highest BCUT2D eigenvalue weighted by atomic mass is 16.7. The molecule has 0 saturated carbocycles. The van der Waals surface area contributed by atoms with Gasteiger partial charge in [-0.1, -0.05) is 13.3 Å². The molecule has 0 amide bonds. The van der Waals surface area contributed by atoms with Gasteiger partial charge >= 0.3 is 0 Å². The van der Waals surface area contributed by atoms with Crippen molar-refractivity contribution >= 4 is 0 Å². The first-order valence-corrected chi connectivity index (χ1v) is 3.54. The van der Waals surface area contributed by atoms with Crippen molar-refractivity contribution in [1.29, 1.82) is 0 Å². The zero-order valence-electron chi connectivity index (χ0n) is 6.79. The topological polar surface area (TPSA) is 49.7 Å². The third kappa shape index (κ3) is 6.01. The van der Waals surface area contributed by atoms with Crippen LogP contribution in [-0.4, -0.2) is 22.3 Å². The highest BCUT2D eigenvalue weighted by Gasteiger charge is 2.17. The number of hydrogen-bond donors (Lipinski definition) is 2. The van der Waals surface area contributed by atoms with Crippen molar-refractivity contribution in [1.82, 2.24) is 0 Å². The summed E-state index contributed by atoms with van der Waals surface area (Å²) in [6, 6.07) is 0. The van der Waals surface area contributed by atoms with Crippen LogP contribution < -0.4 is 0 Å². The summed E-state index contributed by atoms with van der Waals surface area (Å²) in [5.74, 6) is -1.23. The Morgan fingerprint density at radius 1 is 1.50 bits per heavy atom. The van der Waals surface area contributed by atoms with Gasteiger partial charge in [0.2, 0.25) is 0 Å². The Kier molecular flexibility index (Phi) is 3.86. The third-order valence-electron chi connectivity index (χ3n) is 0.960. The van der Waals surface area contributed by atoms with E-state index in [0.29, 0.717) is 6.42 Å². The molecule has 3 nitrogen and oxygen atoms in total. The molecule has 0 rings (SSSR count). The monoisotopic (exact) mass is 148 g/mol. The minimum atomic E-state index is -1.23. The van der Waals surface area contributed by atoms with Crippen LogP contribution in [-0.2, 0) is 4.74 Å². The van der Waals surface area contributed by atoms with E-state index in [9.17, 15) is 0 Å². The molecule has 2 N–H and O–H groups in total. The maximum atomic E-state index is 9.03. The van der Waals surface area contributed by atoms with E-state index in [1.807, 2.05) is 6.92 Å². The molecule has 0 fully saturated rings. The highest BCUT2D eigenvalue weighted by Crippen LogP contribution is 2.09. The fraction of sp³-hybridized carbons (Fsp3) is 1.00. The van der Waals surface area contributed by atoms with E-state index in [1.165, 1.54) is 13.8 Å². The van der Waals surface area contributed by atoms with Crippen molar-refractivity contribution in [3.05, 3.63) is 0 Å². The molecule has 0 aromatic carbocycles. The summed E-state index contributed by atoms with van der Waals surface area (Å²) >= 11 is 0. The van der Waals surface area contributed by atoms with Crippen molar-refractivity contribution in [3.63, 3.8) is 0 Å². The van der Waals surface area contributed by atoms with Crippen LogP contribution in [0.3, 0.4) is 0 Å². The number of ether oxygens (including phenoxy) is 1. The summed E-state index contributed by atoms with van der Waals surface area (Å²) in [4.78, 5) is 0. The summed E-state index contributed by atoms with van der Waals surface area (Å²) in [5.41, 5.74) is 0. The van der Waals surface area contributed by atoms with Crippen LogP contribution in [0.5, 0.6) is 0 Å². The SMILES string of the molecule is CCCC(O)OC(C)(C)O. The first-order valence-electron chi connectivity index (χ1n) is 3.54. The second-order valence-electron chi connectivity index (χ2n) is 2.81. The Morgan fingerprint density at radius 3 is 2.30 bits per heavy atom. The average molecular weight is 148 g/mol. The van der Waals surface area contributed by atoms with Gasteiger partial charge in [-0.05, 0) is 20.3 Å². The van der Waals surface area contributed by atoms with Gasteiger partial charge in [-0.2, -0.15) is 0 Å². The second-order valence-corrected chi connectivity index (χ2v) is 2.81. The van der Waals surface area contributed by atoms with Gasteiger partial charge in [0.25, 0.3) is 0 Å². The van der Waals surface area contributed by atoms with E-state index in [-0.39, 0.29) is 0 Å². The first kappa shape index (κ1) is 9.88. The molecule has 0 saturated heterocycles. The Bertz CT molecular complexity index is 85.3. The lowest BCUT2D eigenvalue weighted by Crippen LogP contribution is -2.29. The highest BCUT2D eigenvalue weighted by molar-refractivity contribution is 4.50. The molecule has 1 atom stereocenters. The van der Waals surface area contributed by atoms with Gasteiger partial charge in [0.05, 0.1) is 0 Å². The van der Waals surface area contributed by atoms with E-state index < -0.39 is 12.1 Å². The molecule has 0 spiro atoms. The van der Waals surface area contributed by atoms with Crippen molar-refractivity contribution in [2.45, 2.75) is 45.7 Å². The number of rotatable bonds is 4. The molecule has 0 aliphatic rings. The summed E-state index contributed by atoms with van der Waals surface area (Å²) in [7, 11) is 0. The predicted octanol–water partition coefficient (Wildman–Crippen LogP) is 0.850. The molecule has 0 aliphatic carbocycles. The molecular formula is C7H16O3. The van der Waals surface area contributed by atoms with Gasteiger partial charge in [0, 0.05) is 0 Å². The van der Waals surface area contributed by atoms with Crippen molar-refractivity contribution in [2.24, 2.45) is 0 Å². The fourth-order valence-electron chi connectivity index (χ4n) is 0.639. The lowest BCUT2D eigenvalue weighted by molar-refractivity contribution is -0.261. The standard InChI is InChI=1S/C7H16O3/c1-4-5-6(8)10-7(2,3)9/h6,8-9H,4-5H2,1-3H3. The quantitative estimate of drug-likeness (QED) is 0.581. The van der Waals surface area contributed by atoms with E-state index in [4.69, 9.17) is 14.9 Å². The van der Waals surface area contributed by atoms with Gasteiger partial charge in [0.1, 0.15) is 0 Å². The summed E-state index contributed by atoms with van der Waals surface area (Å²) in [5, 5.41) is 18.0. The lowest BCUT2D eigenvalue weighted by atomic mass is 10.3. The van der Waals surface area contributed by atoms with Crippen LogP contribution >= 0.6 is 0 Å². The van der Waals surface area contributed by atoms with Gasteiger partial charge < -0.3 is 14.9 Å². The van der Waals surface area contributed by atoms with Crippen molar-refractivity contribution in [3.8, 4) is 0 Å². The van der Waals surface area contributed by atoms with Gasteiger partial charge in [-0.25, -0.2) is 0 Å². The Hall–Kier alpha value is -0.120. The van der Waals surface area contributed by atoms with Crippen molar-refractivity contribution in [2.75, 3.05) is 0 Å². The van der Waals surface area contributed by atoms with Gasteiger partial charge in [-0.15, -0.1) is 0 Å². The lowest BCUT2D eigenvalue weighted by Gasteiger charge is -2.21. The molecular weight excluding hydrogens is 132 g/mol. The smallest absolute Gasteiger partial charge is 0.162 e. The second kappa shape index (κ2) is 3.91. The molecule has 0 bridgehead atoms. The summed E-state index contributed by atoms with van der Waals surface area (Å²) in [6.45, 7) is 4.93. The normalized spacial score (nSPS) is 15.3. The fourth-order valence-corrected chi connectivity index (χ4v) is 0.639. The zero-order valence-corrected chi connectivity index (χ0v) is 6.79. The molecule has 0 aliphatic heterocycles. The molecule has 3 heteroatoms. The van der Waals surface area contributed by atoms with Crippen LogP contribution in [0.25, 0.3) is 0 Å². The van der Waals surface area contributed by atoms with Gasteiger partial charge in [0.15, 0.2) is 12.1 Å². The third-order valence-corrected chi connectivity index (χ3v) is 0.960. The van der Waals surface area contributed by atoms with Crippen LogP contribution in [0.15, 0.2) is 0 Å². The first-order chi connectivity index (χ1) is 4.45. The largest absolute Gasteiger partial charge is 0.368 e. The summed E-state index contributed by atoms with van der Waals surface area (Å²) < 4.78 is 4.79. The molecule has 0 aromatic heterocycles. The number of aliphatic hydroxyl groups is 2. The summed E-state index contributed by atoms with van der Waals surface area (Å²) in [6.07, 6.45) is 0.561. The van der Waals surface area contributed by atoms with Crippen LogP contribution in [0, 0.1) is 0 Å². The maximum absolute atomic E-state index is 9.03. The Balaban J connectivity index is 3.47. The number of hydrogen-bond acceptors (Lipinski definition) is 3. The van der Waals surface area contributed by atoms with E-state index in [0.717, 1.165) is 6.42 Å². The van der Waals surface area contributed by atoms with E-state index in [1.54, 1.807) is 0 Å². The minimum absolute atomic E-state index is 0.560. The van der Waals surface area contributed by atoms with Crippen molar-refractivity contribution < 1.29 is 14.9 Å². The van der Waals surface area contributed by atoms with Crippen LogP contribution in [0.1, 0.15) is 33.6 Å². The molecule has 0 aromatic rings.